The number of hydrazone groups is 1. The molecule has 0 bridgehead atoms. The lowest BCUT2D eigenvalue weighted by Crippen LogP contribution is -2.43. The van der Waals surface area contributed by atoms with Crippen LogP contribution in [0.3, 0.4) is 0 Å². The number of benzene rings is 2. The molecule has 37 heavy (non-hydrogen) atoms. The van der Waals surface area contributed by atoms with Crippen molar-refractivity contribution in [3.63, 3.8) is 0 Å². The quantitative estimate of drug-likeness (QED) is 0.395. The van der Waals surface area contributed by atoms with Gasteiger partial charge in [0.25, 0.3) is 5.91 Å². The van der Waals surface area contributed by atoms with E-state index in [9.17, 15) is 14.4 Å². The number of anilines is 1. The molecule has 0 unspecified atom stereocenters. The van der Waals surface area contributed by atoms with E-state index >= 15 is 0 Å². The van der Waals surface area contributed by atoms with Crippen LogP contribution in [0.1, 0.15) is 18.9 Å². The fraction of sp³-hybridized carbons (Fsp3) is 0.385. The number of morpholine rings is 1. The van der Waals surface area contributed by atoms with Gasteiger partial charge in [-0.1, -0.05) is 11.6 Å². The molecule has 2 heterocycles. The molecular formula is C26H29ClN4O6. The molecule has 2 aromatic carbocycles. The highest BCUT2D eigenvalue weighted by atomic mass is 35.5. The molecule has 2 saturated heterocycles. The van der Waals surface area contributed by atoms with Crippen LogP contribution in [-0.2, 0) is 19.1 Å². The molecule has 0 radical (unpaired) electrons. The summed E-state index contributed by atoms with van der Waals surface area (Å²) in [6.07, 6.45) is 1.59. The predicted octanol–water partition coefficient (Wildman–Crippen LogP) is 2.48. The highest BCUT2D eigenvalue weighted by Gasteiger charge is 2.35. The highest BCUT2D eigenvalue weighted by molar-refractivity contribution is 6.30. The first-order chi connectivity index (χ1) is 17.9. The van der Waals surface area contributed by atoms with Gasteiger partial charge < -0.3 is 24.0 Å². The zero-order valence-corrected chi connectivity index (χ0v) is 21.3. The average molecular weight is 529 g/mol. The van der Waals surface area contributed by atoms with Gasteiger partial charge in [0.15, 0.2) is 18.1 Å². The van der Waals surface area contributed by atoms with Crippen LogP contribution in [0.15, 0.2) is 47.6 Å². The third kappa shape index (κ3) is 6.99. The third-order valence-electron chi connectivity index (χ3n) is 6.01. The highest BCUT2D eigenvalue weighted by Crippen LogP contribution is 2.29. The monoisotopic (exact) mass is 528 g/mol. The Labute approximate surface area is 220 Å². The van der Waals surface area contributed by atoms with Crippen molar-refractivity contribution in [2.24, 2.45) is 11.0 Å². The number of carbonyl (C=O) groups is 3. The first-order valence-corrected chi connectivity index (χ1v) is 12.5. The van der Waals surface area contributed by atoms with Crippen LogP contribution in [0.25, 0.3) is 0 Å². The maximum atomic E-state index is 12.6. The number of hydrogen-bond donors (Lipinski definition) is 1. The minimum absolute atomic E-state index is 0.100. The molecule has 1 atom stereocenters. The molecule has 11 heteroatoms. The zero-order valence-electron chi connectivity index (χ0n) is 20.5. The summed E-state index contributed by atoms with van der Waals surface area (Å²) in [6, 6.07) is 12.1. The molecule has 0 saturated carbocycles. The lowest BCUT2D eigenvalue weighted by molar-refractivity contribution is -0.137. The number of nitrogens with zero attached hydrogens (tertiary/aromatic N) is 3. The van der Waals surface area contributed by atoms with Crippen LogP contribution >= 0.6 is 11.6 Å². The molecule has 196 valence electrons. The number of hydrogen-bond acceptors (Lipinski definition) is 7. The van der Waals surface area contributed by atoms with Gasteiger partial charge in [-0.05, 0) is 55.0 Å². The van der Waals surface area contributed by atoms with Crippen LogP contribution in [0.5, 0.6) is 11.5 Å². The van der Waals surface area contributed by atoms with E-state index in [1.54, 1.807) is 52.3 Å². The molecule has 2 aromatic rings. The fourth-order valence-electron chi connectivity index (χ4n) is 4.05. The van der Waals surface area contributed by atoms with Crippen molar-refractivity contribution in [1.29, 1.82) is 0 Å². The Hall–Kier alpha value is -3.63. The fourth-order valence-corrected chi connectivity index (χ4v) is 4.18. The van der Waals surface area contributed by atoms with Crippen molar-refractivity contribution in [2.75, 3.05) is 51.0 Å². The van der Waals surface area contributed by atoms with Crippen molar-refractivity contribution in [3.05, 3.63) is 53.1 Å². The Balaban J connectivity index is 1.32. The second-order valence-corrected chi connectivity index (χ2v) is 8.97. The van der Waals surface area contributed by atoms with E-state index in [1.807, 2.05) is 6.92 Å². The van der Waals surface area contributed by atoms with Crippen LogP contribution < -0.4 is 19.8 Å². The standard InChI is InChI=1S/C26H29ClN4O6/c1-2-36-23-13-18(3-8-22(23)37-17-25(33)30-9-11-35-12-10-30)15-28-29-26(34)19-14-24(32)31(16-19)21-6-4-20(27)5-7-21/h3-8,13,15,19H,2,9-12,14,16-17H2,1H3,(H,29,34)/b28-15-/t19-/m1/s1. The van der Waals surface area contributed by atoms with E-state index < -0.39 is 5.92 Å². The number of nitrogens with one attached hydrogen (secondary N) is 1. The Kier molecular flexibility index (Phi) is 8.97. The molecule has 2 aliphatic rings. The molecule has 4 rings (SSSR count). The van der Waals surface area contributed by atoms with E-state index in [1.165, 1.54) is 6.21 Å². The normalized spacial score (nSPS) is 17.8. The predicted molar refractivity (Wildman–Crippen MR) is 138 cm³/mol. The zero-order chi connectivity index (χ0) is 26.2. The van der Waals surface area contributed by atoms with Gasteiger partial charge in [0, 0.05) is 36.8 Å². The summed E-state index contributed by atoms with van der Waals surface area (Å²) in [5.74, 6) is -0.189. The van der Waals surface area contributed by atoms with Crippen molar-refractivity contribution in [3.8, 4) is 11.5 Å². The largest absolute Gasteiger partial charge is 0.490 e. The van der Waals surface area contributed by atoms with Gasteiger partial charge >= 0.3 is 0 Å². The number of amides is 3. The molecule has 2 aliphatic heterocycles. The van der Waals surface area contributed by atoms with E-state index in [0.29, 0.717) is 60.7 Å². The van der Waals surface area contributed by atoms with E-state index in [2.05, 4.69) is 10.5 Å². The van der Waals surface area contributed by atoms with Crippen molar-refractivity contribution in [1.82, 2.24) is 10.3 Å². The minimum Gasteiger partial charge on any atom is -0.490 e. The Morgan fingerprint density at radius 2 is 1.89 bits per heavy atom. The number of ether oxygens (including phenoxy) is 3. The summed E-state index contributed by atoms with van der Waals surface area (Å²) < 4.78 is 16.7. The first-order valence-electron chi connectivity index (χ1n) is 12.1. The van der Waals surface area contributed by atoms with Gasteiger partial charge in [-0.2, -0.15) is 5.10 Å². The average Bonchev–Trinajstić information content (AvgIpc) is 3.30. The van der Waals surface area contributed by atoms with E-state index in [-0.39, 0.29) is 37.3 Å². The van der Waals surface area contributed by atoms with Crippen LogP contribution in [0.2, 0.25) is 5.02 Å². The molecule has 3 amide bonds. The Bertz CT molecular complexity index is 1150. The molecule has 10 nitrogen and oxygen atoms in total. The smallest absolute Gasteiger partial charge is 0.260 e. The van der Waals surface area contributed by atoms with Gasteiger partial charge in [-0.25, -0.2) is 5.43 Å². The Morgan fingerprint density at radius 1 is 1.14 bits per heavy atom. The van der Waals surface area contributed by atoms with Crippen LogP contribution in [0, 0.1) is 5.92 Å². The molecular weight excluding hydrogens is 500 g/mol. The van der Waals surface area contributed by atoms with Gasteiger partial charge in [-0.15, -0.1) is 0 Å². The van der Waals surface area contributed by atoms with Gasteiger partial charge in [0.2, 0.25) is 11.8 Å². The summed E-state index contributed by atoms with van der Waals surface area (Å²) in [4.78, 5) is 40.7. The summed E-state index contributed by atoms with van der Waals surface area (Å²) in [7, 11) is 0. The molecule has 0 aromatic heterocycles. The second-order valence-electron chi connectivity index (χ2n) is 8.54. The number of carbonyl (C=O) groups excluding carboxylic acids is 3. The summed E-state index contributed by atoms with van der Waals surface area (Å²) in [5, 5.41) is 4.62. The molecule has 0 aliphatic carbocycles. The SMILES string of the molecule is CCOc1cc(/C=N\NC(=O)[C@@H]2CC(=O)N(c3ccc(Cl)cc3)C2)ccc1OCC(=O)N1CCOCC1. The van der Waals surface area contributed by atoms with Gasteiger partial charge in [0.05, 0.1) is 32.0 Å². The minimum atomic E-state index is -0.515. The van der Waals surface area contributed by atoms with Crippen LogP contribution in [0.4, 0.5) is 5.69 Å². The van der Waals surface area contributed by atoms with E-state index in [0.717, 1.165) is 0 Å². The van der Waals surface area contributed by atoms with Gasteiger partial charge in [0.1, 0.15) is 0 Å². The van der Waals surface area contributed by atoms with Crippen molar-refractivity contribution in [2.45, 2.75) is 13.3 Å². The maximum Gasteiger partial charge on any atom is 0.260 e. The molecule has 2 fully saturated rings. The molecule has 0 spiro atoms. The lowest BCUT2D eigenvalue weighted by Gasteiger charge is -2.26. The third-order valence-corrected chi connectivity index (χ3v) is 6.26. The van der Waals surface area contributed by atoms with Crippen LogP contribution in [-0.4, -0.2) is 74.9 Å². The topological polar surface area (TPSA) is 110 Å². The summed E-state index contributed by atoms with van der Waals surface area (Å²) in [6.45, 7) is 4.58. The lowest BCUT2D eigenvalue weighted by atomic mass is 10.1. The summed E-state index contributed by atoms with van der Waals surface area (Å²) in [5.41, 5.74) is 3.88. The molecule has 1 N–H and O–H groups in total. The maximum absolute atomic E-state index is 12.6. The number of halogens is 1. The Morgan fingerprint density at radius 3 is 2.62 bits per heavy atom. The first kappa shape index (κ1) is 26.4. The second kappa shape index (κ2) is 12.6. The van der Waals surface area contributed by atoms with E-state index in [4.69, 9.17) is 25.8 Å². The summed E-state index contributed by atoms with van der Waals surface area (Å²) >= 11 is 5.92. The van der Waals surface area contributed by atoms with Crippen molar-refractivity contribution < 1.29 is 28.6 Å². The van der Waals surface area contributed by atoms with Gasteiger partial charge in [-0.3, -0.25) is 14.4 Å². The van der Waals surface area contributed by atoms with Crippen molar-refractivity contribution >= 4 is 41.2 Å². The number of rotatable bonds is 9.